The maximum absolute atomic E-state index is 10.6. The summed E-state index contributed by atoms with van der Waals surface area (Å²) in [5, 5.41) is 7.34. The van der Waals surface area contributed by atoms with Crippen molar-refractivity contribution in [1.82, 2.24) is 0 Å². The van der Waals surface area contributed by atoms with Gasteiger partial charge in [0.05, 0.1) is 10.9 Å². The van der Waals surface area contributed by atoms with Crippen LogP contribution in [0.1, 0.15) is 0 Å². The standard InChI is InChI=1S/C6H8ClNO4S/c7-6(9)3-4(13(10,11)12)1-2-5(6)8/h1-3,5,9H,8H2,(H,10,11,12). The highest BCUT2D eigenvalue weighted by molar-refractivity contribution is 7.90. The monoisotopic (exact) mass is 225 g/mol. The summed E-state index contributed by atoms with van der Waals surface area (Å²) in [5.74, 6) is 0. The first-order valence-electron chi connectivity index (χ1n) is 3.29. The molecule has 1 rings (SSSR count). The third-order valence-electron chi connectivity index (χ3n) is 1.58. The van der Waals surface area contributed by atoms with Gasteiger partial charge in [-0.3, -0.25) is 4.55 Å². The van der Waals surface area contributed by atoms with Crippen molar-refractivity contribution in [2.45, 2.75) is 11.1 Å². The molecule has 0 heterocycles. The van der Waals surface area contributed by atoms with Gasteiger partial charge in [0.1, 0.15) is 0 Å². The first-order chi connectivity index (χ1) is 5.73. The molecule has 0 aromatic heterocycles. The van der Waals surface area contributed by atoms with E-state index >= 15 is 0 Å². The van der Waals surface area contributed by atoms with Crippen LogP contribution in [-0.2, 0) is 10.1 Å². The number of hydrogen-bond donors (Lipinski definition) is 3. The first-order valence-corrected chi connectivity index (χ1v) is 5.11. The Hall–Kier alpha value is -0.400. The summed E-state index contributed by atoms with van der Waals surface area (Å²) in [7, 11) is -4.35. The van der Waals surface area contributed by atoms with E-state index < -0.39 is 26.1 Å². The van der Waals surface area contributed by atoms with Crippen LogP contribution in [0.5, 0.6) is 0 Å². The smallest absolute Gasteiger partial charge is 0.294 e. The van der Waals surface area contributed by atoms with Crippen molar-refractivity contribution in [3.8, 4) is 0 Å². The van der Waals surface area contributed by atoms with Crippen molar-refractivity contribution in [2.24, 2.45) is 5.73 Å². The summed E-state index contributed by atoms with van der Waals surface area (Å²) in [5.41, 5.74) is 5.33. The largest absolute Gasteiger partial charge is 0.370 e. The molecule has 0 fully saturated rings. The number of aliphatic hydroxyl groups is 1. The van der Waals surface area contributed by atoms with E-state index in [1.807, 2.05) is 0 Å². The van der Waals surface area contributed by atoms with Gasteiger partial charge in [0.25, 0.3) is 10.1 Å². The molecule has 0 amide bonds. The maximum Gasteiger partial charge on any atom is 0.294 e. The van der Waals surface area contributed by atoms with Gasteiger partial charge in [-0.05, 0) is 12.2 Å². The number of halogens is 1. The van der Waals surface area contributed by atoms with Crippen molar-refractivity contribution < 1.29 is 18.1 Å². The van der Waals surface area contributed by atoms with Gasteiger partial charge in [0.2, 0.25) is 0 Å². The van der Waals surface area contributed by atoms with Crippen LogP contribution in [-0.4, -0.2) is 29.2 Å². The summed E-state index contributed by atoms with van der Waals surface area (Å²) in [6, 6.07) is -0.903. The molecule has 0 spiro atoms. The van der Waals surface area contributed by atoms with E-state index in [0.717, 1.165) is 12.2 Å². The Balaban J connectivity index is 3.14. The van der Waals surface area contributed by atoms with Crippen LogP contribution in [0, 0.1) is 0 Å². The van der Waals surface area contributed by atoms with Gasteiger partial charge < -0.3 is 10.8 Å². The summed E-state index contributed by atoms with van der Waals surface area (Å²) in [6.45, 7) is 0. The number of alkyl halides is 1. The average molecular weight is 226 g/mol. The number of nitrogens with two attached hydrogens (primary N) is 1. The SMILES string of the molecule is NC1C=CC(S(=O)(=O)O)=CC1(O)Cl. The molecular weight excluding hydrogens is 218 g/mol. The average Bonchev–Trinajstić information content (AvgIpc) is 1.92. The highest BCUT2D eigenvalue weighted by Crippen LogP contribution is 2.26. The molecule has 0 aliphatic heterocycles. The molecule has 1 aliphatic rings. The van der Waals surface area contributed by atoms with Gasteiger partial charge in [-0.1, -0.05) is 17.7 Å². The molecule has 7 heteroatoms. The third-order valence-corrected chi connectivity index (χ3v) is 2.79. The molecule has 0 bridgehead atoms. The van der Waals surface area contributed by atoms with E-state index in [9.17, 15) is 13.5 Å². The minimum absolute atomic E-state index is 0.466. The molecule has 0 saturated heterocycles. The predicted molar refractivity (Wildman–Crippen MR) is 47.5 cm³/mol. The van der Waals surface area contributed by atoms with Crippen molar-refractivity contribution in [3.05, 3.63) is 23.1 Å². The summed E-state index contributed by atoms with van der Waals surface area (Å²) in [6.07, 6.45) is 3.06. The normalized spacial score (nSPS) is 34.5. The Morgan fingerprint density at radius 2 is 2.15 bits per heavy atom. The zero-order chi connectivity index (χ0) is 10.3. The molecule has 74 valence electrons. The van der Waals surface area contributed by atoms with Crippen LogP contribution >= 0.6 is 11.6 Å². The summed E-state index contributed by atoms with van der Waals surface area (Å²) in [4.78, 5) is -0.466. The van der Waals surface area contributed by atoms with E-state index in [4.69, 9.17) is 21.9 Å². The van der Waals surface area contributed by atoms with Crippen LogP contribution in [0.15, 0.2) is 23.1 Å². The van der Waals surface area contributed by atoms with Crippen LogP contribution < -0.4 is 5.73 Å². The first kappa shape index (κ1) is 10.7. The molecule has 1 aliphatic carbocycles. The fraction of sp³-hybridized carbons (Fsp3) is 0.333. The van der Waals surface area contributed by atoms with E-state index in [1.165, 1.54) is 6.08 Å². The van der Waals surface area contributed by atoms with Crippen LogP contribution in [0.4, 0.5) is 0 Å². The van der Waals surface area contributed by atoms with Gasteiger partial charge in [0, 0.05) is 0 Å². The topological polar surface area (TPSA) is 101 Å². The number of allylic oxidation sites excluding steroid dienone is 1. The fourth-order valence-electron chi connectivity index (χ4n) is 0.838. The lowest BCUT2D eigenvalue weighted by Gasteiger charge is -2.25. The van der Waals surface area contributed by atoms with Crippen LogP contribution in [0.25, 0.3) is 0 Å². The second-order valence-corrected chi connectivity index (χ2v) is 4.66. The van der Waals surface area contributed by atoms with E-state index in [0.29, 0.717) is 0 Å². The Kier molecular flexibility index (Phi) is 2.52. The highest BCUT2D eigenvalue weighted by atomic mass is 35.5. The molecule has 4 N–H and O–H groups in total. The van der Waals surface area contributed by atoms with Crippen LogP contribution in [0.2, 0.25) is 0 Å². The quantitative estimate of drug-likeness (QED) is 0.416. The maximum atomic E-state index is 10.6. The van der Waals surface area contributed by atoms with Crippen molar-refractivity contribution >= 4 is 21.7 Å². The second-order valence-electron chi connectivity index (χ2n) is 2.63. The Morgan fingerprint density at radius 3 is 2.54 bits per heavy atom. The molecule has 2 unspecified atom stereocenters. The molecule has 13 heavy (non-hydrogen) atoms. The molecule has 2 atom stereocenters. The lowest BCUT2D eigenvalue weighted by molar-refractivity contribution is 0.162. The molecule has 0 saturated carbocycles. The Morgan fingerprint density at radius 1 is 1.62 bits per heavy atom. The molecular formula is C6H8ClNO4S. The lowest BCUT2D eigenvalue weighted by Crippen LogP contribution is -2.42. The Labute approximate surface area is 80.2 Å². The van der Waals surface area contributed by atoms with E-state index in [1.54, 1.807) is 0 Å². The second kappa shape index (κ2) is 3.07. The van der Waals surface area contributed by atoms with Gasteiger partial charge in [-0.2, -0.15) is 8.42 Å². The van der Waals surface area contributed by atoms with E-state index in [2.05, 4.69) is 0 Å². The molecule has 0 radical (unpaired) electrons. The number of hydrogen-bond acceptors (Lipinski definition) is 4. The summed E-state index contributed by atoms with van der Waals surface area (Å²) < 4.78 is 29.8. The lowest BCUT2D eigenvalue weighted by atomic mass is 10.1. The molecule has 5 nitrogen and oxygen atoms in total. The zero-order valence-corrected chi connectivity index (χ0v) is 7.96. The highest BCUT2D eigenvalue weighted by Gasteiger charge is 2.33. The minimum Gasteiger partial charge on any atom is -0.370 e. The van der Waals surface area contributed by atoms with Gasteiger partial charge in [0.15, 0.2) is 5.06 Å². The Bertz CT molecular complexity index is 370. The third kappa shape index (κ3) is 2.29. The molecule has 0 aromatic rings. The van der Waals surface area contributed by atoms with Crippen molar-refractivity contribution in [1.29, 1.82) is 0 Å². The van der Waals surface area contributed by atoms with Gasteiger partial charge in [-0.25, -0.2) is 0 Å². The predicted octanol–water partition coefficient (Wildman–Crippen LogP) is -0.417. The fourth-order valence-corrected chi connectivity index (χ4v) is 1.67. The summed E-state index contributed by atoms with van der Waals surface area (Å²) >= 11 is 5.45. The zero-order valence-electron chi connectivity index (χ0n) is 6.38. The van der Waals surface area contributed by atoms with Crippen LogP contribution in [0.3, 0.4) is 0 Å². The van der Waals surface area contributed by atoms with Gasteiger partial charge >= 0.3 is 0 Å². The van der Waals surface area contributed by atoms with E-state index in [-0.39, 0.29) is 0 Å². The van der Waals surface area contributed by atoms with Crippen molar-refractivity contribution in [3.63, 3.8) is 0 Å². The van der Waals surface area contributed by atoms with Crippen molar-refractivity contribution in [2.75, 3.05) is 0 Å². The number of rotatable bonds is 1. The van der Waals surface area contributed by atoms with Gasteiger partial charge in [-0.15, -0.1) is 0 Å². The minimum atomic E-state index is -4.35. The molecule has 0 aromatic carbocycles.